The fourth-order valence-electron chi connectivity index (χ4n) is 1.04. The van der Waals surface area contributed by atoms with Crippen molar-refractivity contribution in [1.29, 1.82) is 0 Å². The van der Waals surface area contributed by atoms with Crippen molar-refractivity contribution < 1.29 is 14.3 Å². The van der Waals surface area contributed by atoms with Crippen molar-refractivity contribution in [1.82, 2.24) is 0 Å². The maximum absolute atomic E-state index is 12.5. The highest BCUT2D eigenvalue weighted by molar-refractivity contribution is 5.54. The van der Waals surface area contributed by atoms with E-state index < -0.39 is 12.0 Å². The van der Waals surface area contributed by atoms with E-state index in [4.69, 9.17) is 0 Å². The Kier molecular flexibility index (Phi) is 3.14. The van der Waals surface area contributed by atoms with Crippen LogP contribution in [0.2, 0.25) is 0 Å². The van der Waals surface area contributed by atoms with Crippen LogP contribution in [0.15, 0.2) is 24.3 Å². The summed E-state index contributed by atoms with van der Waals surface area (Å²) in [6, 6.07) is 5.46. The highest BCUT2D eigenvalue weighted by Crippen LogP contribution is 2.20. The van der Waals surface area contributed by atoms with Gasteiger partial charge < -0.3 is 9.90 Å². The van der Waals surface area contributed by atoms with Gasteiger partial charge in [-0.25, -0.2) is 4.39 Å². The molecule has 1 rings (SSSR count). The predicted molar refractivity (Wildman–Crippen MR) is 46.6 cm³/mol. The Balaban J connectivity index is 2.82. The van der Waals surface area contributed by atoms with Crippen molar-refractivity contribution in [2.24, 2.45) is 5.92 Å². The molecule has 70 valence electrons. The molecule has 1 aromatic rings. The third kappa shape index (κ3) is 2.36. The first-order valence-corrected chi connectivity index (χ1v) is 4.04. The van der Waals surface area contributed by atoms with E-state index in [1.807, 2.05) is 0 Å². The largest absolute Gasteiger partial charge is 0.388 e. The van der Waals surface area contributed by atoms with Crippen LogP contribution in [-0.2, 0) is 4.79 Å². The van der Waals surface area contributed by atoms with E-state index in [0.717, 1.165) is 0 Å². The van der Waals surface area contributed by atoms with Crippen molar-refractivity contribution in [3.05, 3.63) is 35.6 Å². The van der Waals surface area contributed by atoms with Gasteiger partial charge >= 0.3 is 0 Å². The first kappa shape index (κ1) is 9.86. The summed E-state index contributed by atoms with van der Waals surface area (Å²) in [4.78, 5) is 10.4. The van der Waals surface area contributed by atoms with Crippen molar-refractivity contribution in [3.63, 3.8) is 0 Å². The second-order valence-electron chi connectivity index (χ2n) is 2.99. The highest BCUT2D eigenvalue weighted by Gasteiger charge is 2.14. The second-order valence-corrected chi connectivity index (χ2v) is 2.99. The number of rotatable bonds is 3. The Morgan fingerprint density at radius 1 is 1.38 bits per heavy atom. The van der Waals surface area contributed by atoms with Crippen molar-refractivity contribution >= 4 is 6.29 Å². The lowest BCUT2D eigenvalue weighted by atomic mass is 9.99. The predicted octanol–water partition coefficient (Wildman–Crippen LogP) is 1.69. The number of carbonyl (C=O) groups excluding carboxylic acids is 1. The maximum atomic E-state index is 12.5. The van der Waals surface area contributed by atoms with Gasteiger partial charge in [0.05, 0.1) is 6.10 Å². The molecule has 0 bridgehead atoms. The molecule has 0 amide bonds. The SMILES string of the molecule is C[C@@H](C=O)[C@@H](O)c1ccc(F)cc1. The summed E-state index contributed by atoms with van der Waals surface area (Å²) in [7, 11) is 0. The molecule has 2 nitrogen and oxygen atoms in total. The lowest BCUT2D eigenvalue weighted by Gasteiger charge is -2.13. The van der Waals surface area contributed by atoms with Crippen LogP contribution < -0.4 is 0 Å². The molecule has 0 aliphatic rings. The van der Waals surface area contributed by atoms with Crippen LogP contribution >= 0.6 is 0 Å². The summed E-state index contributed by atoms with van der Waals surface area (Å²) in [5, 5.41) is 9.53. The van der Waals surface area contributed by atoms with Gasteiger partial charge in [-0.2, -0.15) is 0 Å². The molecule has 0 aromatic heterocycles. The number of carbonyl (C=O) groups is 1. The van der Waals surface area contributed by atoms with Gasteiger partial charge in [0, 0.05) is 5.92 Å². The van der Waals surface area contributed by atoms with Crippen LogP contribution in [0.5, 0.6) is 0 Å². The van der Waals surface area contributed by atoms with E-state index in [2.05, 4.69) is 0 Å². The van der Waals surface area contributed by atoms with Gasteiger partial charge in [0.1, 0.15) is 12.1 Å². The van der Waals surface area contributed by atoms with Gasteiger partial charge in [0.25, 0.3) is 0 Å². The monoisotopic (exact) mass is 182 g/mol. The van der Waals surface area contributed by atoms with Crippen LogP contribution in [0.25, 0.3) is 0 Å². The van der Waals surface area contributed by atoms with Crippen LogP contribution in [0, 0.1) is 11.7 Å². The van der Waals surface area contributed by atoms with E-state index in [-0.39, 0.29) is 5.82 Å². The van der Waals surface area contributed by atoms with Crippen molar-refractivity contribution in [2.75, 3.05) is 0 Å². The minimum absolute atomic E-state index is 0.352. The lowest BCUT2D eigenvalue weighted by Crippen LogP contribution is -2.09. The molecule has 0 saturated heterocycles. The third-order valence-corrected chi connectivity index (χ3v) is 1.92. The van der Waals surface area contributed by atoms with Gasteiger partial charge in [0.15, 0.2) is 0 Å². The van der Waals surface area contributed by atoms with E-state index in [1.54, 1.807) is 6.92 Å². The lowest BCUT2D eigenvalue weighted by molar-refractivity contribution is -0.113. The molecule has 0 fully saturated rings. The van der Waals surface area contributed by atoms with Gasteiger partial charge in [0.2, 0.25) is 0 Å². The Morgan fingerprint density at radius 3 is 2.38 bits per heavy atom. The molecule has 1 N–H and O–H groups in total. The normalized spacial score (nSPS) is 15.0. The molecule has 3 heteroatoms. The molecule has 0 aliphatic heterocycles. The Bertz CT molecular complexity index is 281. The smallest absolute Gasteiger partial charge is 0.125 e. The van der Waals surface area contributed by atoms with Crippen LogP contribution in [0.1, 0.15) is 18.6 Å². The summed E-state index contributed by atoms with van der Waals surface area (Å²) in [6.07, 6.45) is -0.174. The summed E-state index contributed by atoms with van der Waals surface area (Å²) in [6.45, 7) is 1.61. The van der Waals surface area contributed by atoms with Gasteiger partial charge in [-0.3, -0.25) is 0 Å². The molecule has 13 heavy (non-hydrogen) atoms. The number of aldehydes is 1. The van der Waals surface area contributed by atoms with Crippen LogP contribution in [0.3, 0.4) is 0 Å². The van der Waals surface area contributed by atoms with E-state index in [1.165, 1.54) is 24.3 Å². The first-order valence-electron chi connectivity index (χ1n) is 4.04. The average molecular weight is 182 g/mol. The fourth-order valence-corrected chi connectivity index (χ4v) is 1.04. The minimum atomic E-state index is -0.849. The quantitative estimate of drug-likeness (QED) is 0.722. The maximum Gasteiger partial charge on any atom is 0.125 e. The topological polar surface area (TPSA) is 37.3 Å². The van der Waals surface area contributed by atoms with E-state index in [0.29, 0.717) is 11.8 Å². The summed E-state index contributed by atoms with van der Waals surface area (Å²) in [5.41, 5.74) is 0.556. The molecule has 0 saturated carbocycles. The Labute approximate surface area is 76.0 Å². The number of halogens is 1. The number of hydrogen-bond donors (Lipinski definition) is 1. The molecule has 1 aromatic carbocycles. The number of hydrogen-bond acceptors (Lipinski definition) is 2. The molecule has 0 spiro atoms. The summed E-state index contributed by atoms with van der Waals surface area (Å²) >= 11 is 0. The van der Waals surface area contributed by atoms with Crippen molar-refractivity contribution in [3.8, 4) is 0 Å². The fraction of sp³-hybridized carbons (Fsp3) is 0.300. The van der Waals surface area contributed by atoms with Gasteiger partial charge in [-0.1, -0.05) is 19.1 Å². The molecule has 0 heterocycles. The first-order chi connectivity index (χ1) is 6.15. The average Bonchev–Trinajstić information content (AvgIpc) is 2.17. The molecule has 0 aliphatic carbocycles. The van der Waals surface area contributed by atoms with Crippen molar-refractivity contribution in [2.45, 2.75) is 13.0 Å². The number of benzene rings is 1. The standard InChI is InChI=1S/C10H11FO2/c1-7(6-12)10(13)8-2-4-9(11)5-3-8/h2-7,10,13H,1H3/t7-,10+/m0/s1. The molecular weight excluding hydrogens is 171 g/mol. The minimum Gasteiger partial charge on any atom is -0.388 e. The van der Waals surface area contributed by atoms with Crippen LogP contribution in [-0.4, -0.2) is 11.4 Å². The molecule has 0 unspecified atom stereocenters. The number of aliphatic hydroxyl groups is 1. The van der Waals surface area contributed by atoms with Crippen LogP contribution in [0.4, 0.5) is 4.39 Å². The zero-order valence-electron chi connectivity index (χ0n) is 7.27. The molecular formula is C10H11FO2. The van der Waals surface area contributed by atoms with E-state index in [9.17, 15) is 14.3 Å². The summed E-state index contributed by atoms with van der Waals surface area (Å²) < 4.78 is 12.5. The highest BCUT2D eigenvalue weighted by atomic mass is 19.1. The van der Waals surface area contributed by atoms with Gasteiger partial charge in [-0.05, 0) is 17.7 Å². The summed E-state index contributed by atoms with van der Waals surface area (Å²) in [5.74, 6) is -0.819. The Hall–Kier alpha value is -1.22. The van der Waals surface area contributed by atoms with E-state index >= 15 is 0 Å². The Morgan fingerprint density at radius 2 is 1.92 bits per heavy atom. The molecule has 2 atom stereocenters. The zero-order chi connectivity index (χ0) is 9.84. The second kappa shape index (κ2) is 4.14. The molecule has 0 radical (unpaired) electrons. The number of aliphatic hydroxyl groups excluding tert-OH is 1. The third-order valence-electron chi connectivity index (χ3n) is 1.92. The van der Waals surface area contributed by atoms with Gasteiger partial charge in [-0.15, -0.1) is 0 Å². The zero-order valence-corrected chi connectivity index (χ0v) is 7.27.